The number of thiazole rings is 1. The van der Waals surface area contributed by atoms with Crippen LogP contribution < -0.4 is 4.74 Å². The Hall–Kier alpha value is -1.60. The Labute approximate surface area is 112 Å². The molecule has 2 aromatic heterocycles. The predicted molar refractivity (Wildman–Crippen MR) is 68.4 cm³/mol. The van der Waals surface area contributed by atoms with Crippen LogP contribution >= 0.6 is 23.1 Å². The van der Waals surface area contributed by atoms with Crippen LogP contribution in [0.25, 0.3) is 0 Å². The Bertz CT molecular complexity index is 557. The molecule has 0 aliphatic carbocycles. The van der Waals surface area contributed by atoms with Gasteiger partial charge in [-0.3, -0.25) is 4.79 Å². The highest BCUT2D eigenvalue weighted by Gasteiger charge is 2.08. The zero-order chi connectivity index (χ0) is 13.0. The molecule has 0 fully saturated rings. The molecule has 0 aliphatic heterocycles. The first-order valence-corrected chi connectivity index (χ1v) is 6.71. The van der Waals surface area contributed by atoms with Gasteiger partial charge in [0.2, 0.25) is 5.88 Å². The van der Waals surface area contributed by atoms with Crippen LogP contribution in [-0.2, 0) is 11.2 Å². The molecular formula is C11H10N2O3S2. The molecule has 5 nitrogen and oxygen atoms in total. The van der Waals surface area contributed by atoms with Gasteiger partial charge in [-0.1, -0.05) is 11.8 Å². The van der Waals surface area contributed by atoms with Crippen LogP contribution in [0.15, 0.2) is 32.9 Å². The largest absolute Gasteiger partial charge is 0.481 e. The maximum Gasteiger partial charge on any atom is 0.309 e. The summed E-state index contributed by atoms with van der Waals surface area (Å²) in [5.74, 6) is -0.329. The molecule has 0 radical (unpaired) electrons. The molecule has 0 spiro atoms. The van der Waals surface area contributed by atoms with Crippen LogP contribution in [0.2, 0.25) is 0 Å². The van der Waals surface area contributed by atoms with Crippen LogP contribution in [0.4, 0.5) is 0 Å². The normalized spacial score (nSPS) is 10.3. The Morgan fingerprint density at radius 3 is 3.17 bits per heavy atom. The van der Waals surface area contributed by atoms with Gasteiger partial charge in [0.25, 0.3) is 0 Å². The third-order valence-electron chi connectivity index (χ3n) is 1.98. The first-order valence-electron chi connectivity index (χ1n) is 5.01. The molecule has 0 bridgehead atoms. The summed E-state index contributed by atoms with van der Waals surface area (Å²) < 4.78 is 5.84. The number of carbonyl (C=O) groups is 1. The van der Waals surface area contributed by atoms with Crippen molar-refractivity contribution in [3.8, 4) is 5.88 Å². The van der Waals surface area contributed by atoms with Gasteiger partial charge >= 0.3 is 5.97 Å². The molecule has 7 heteroatoms. The van der Waals surface area contributed by atoms with Crippen LogP contribution in [-0.4, -0.2) is 28.2 Å². The van der Waals surface area contributed by atoms with E-state index in [2.05, 4.69) is 9.97 Å². The molecule has 2 aromatic rings. The second-order valence-electron chi connectivity index (χ2n) is 3.31. The van der Waals surface area contributed by atoms with Gasteiger partial charge in [0.05, 0.1) is 19.2 Å². The van der Waals surface area contributed by atoms with Crippen molar-refractivity contribution in [2.45, 2.75) is 15.7 Å². The molecule has 0 aromatic carbocycles. The minimum absolute atomic E-state index is 0.0449. The van der Waals surface area contributed by atoms with Gasteiger partial charge in [-0.15, -0.1) is 11.3 Å². The van der Waals surface area contributed by atoms with Crippen molar-refractivity contribution in [2.24, 2.45) is 0 Å². The van der Waals surface area contributed by atoms with Gasteiger partial charge in [0.15, 0.2) is 4.34 Å². The Morgan fingerprint density at radius 1 is 1.61 bits per heavy atom. The third-order valence-corrected chi connectivity index (χ3v) is 3.96. The number of nitrogens with zero attached hydrogens (tertiary/aromatic N) is 2. The molecular weight excluding hydrogens is 272 g/mol. The van der Waals surface area contributed by atoms with E-state index in [0.717, 1.165) is 9.24 Å². The first-order chi connectivity index (χ1) is 8.67. The van der Waals surface area contributed by atoms with E-state index in [9.17, 15) is 4.79 Å². The van der Waals surface area contributed by atoms with Crippen LogP contribution in [0.5, 0.6) is 5.88 Å². The molecule has 0 amide bonds. The predicted octanol–water partition coefficient (Wildman–Crippen LogP) is 2.33. The smallest absolute Gasteiger partial charge is 0.309 e. The van der Waals surface area contributed by atoms with Gasteiger partial charge < -0.3 is 9.84 Å². The number of hydrogen-bond donors (Lipinski definition) is 1. The van der Waals surface area contributed by atoms with Gasteiger partial charge in [-0.2, -0.15) is 0 Å². The second kappa shape index (κ2) is 5.83. The van der Waals surface area contributed by atoms with Crippen molar-refractivity contribution >= 4 is 29.1 Å². The molecule has 0 saturated carbocycles. The minimum atomic E-state index is -0.873. The SMILES string of the molecule is COc1cc(Sc2nc(CC(=O)O)cs2)ccn1. The fourth-order valence-corrected chi connectivity index (χ4v) is 3.06. The molecule has 0 saturated heterocycles. The van der Waals surface area contributed by atoms with Gasteiger partial charge in [0.1, 0.15) is 0 Å². The summed E-state index contributed by atoms with van der Waals surface area (Å²) in [6.45, 7) is 0. The Kier molecular flexibility index (Phi) is 4.16. The maximum atomic E-state index is 10.6. The van der Waals surface area contributed by atoms with Crippen molar-refractivity contribution in [2.75, 3.05) is 7.11 Å². The minimum Gasteiger partial charge on any atom is -0.481 e. The molecule has 18 heavy (non-hydrogen) atoms. The summed E-state index contributed by atoms with van der Waals surface area (Å²) in [6, 6.07) is 3.66. The van der Waals surface area contributed by atoms with Crippen molar-refractivity contribution in [1.29, 1.82) is 0 Å². The van der Waals surface area contributed by atoms with Gasteiger partial charge in [-0.05, 0) is 6.07 Å². The second-order valence-corrected chi connectivity index (χ2v) is 5.49. The topological polar surface area (TPSA) is 72.3 Å². The van der Waals surface area contributed by atoms with Crippen LogP contribution in [0.3, 0.4) is 0 Å². The van der Waals surface area contributed by atoms with Gasteiger partial charge in [-0.25, -0.2) is 9.97 Å². The highest BCUT2D eigenvalue weighted by atomic mass is 32.2. The Morgan fingerprint density at radius 2 is 2.44 bits per heavy atom. The van der Waals surface area contributed by atoms with Crippen LogP contribution in [0.1, 0.15) is 5.69 Å². The summed E-state index contributed by atoms with van der Waals surface area (Å²) in [5.41, 5.74) is 0.580. The average Bonchev–Trinajstić information content (AvgIpc) is 2.76. The molecule has 2 heterocycles. The molecule has 94 valence electrons. The first kappa shape index (κ1) is 12.8. The number of hydrogen-bond acceptors (Lipinski definition) is 6. The maximum absolute atomic E-state index is 10.6. The van der Waals surface area contributed by atoms with E-state index in [1.54, 1.807) is 18.7 Å². The number of rotatable bonds is 5. The average molecular weight is 282 g/mol. The highest BCUT2D eigenvalue weighted by Crippen LogP contribution is 2.31. The highest BCUT2D eigenvalue weighted by molar-refractivity contribution is 8.01. The van der Waals surface area contributed by atoms with E-state index in [1.165, 1.54) is 23.1 Å². The number of carboxylic acids is 1. The van der Waals surface area contributed by atoms with E-state index in [4.69, 9.17) is 9.84 Å². The molecule has 2 rings (SSSR count). The van der Waals surface area contributed by atoms with Crippen molar-refractivity contribution < 1.29 is 14.6 Å². The van der Waals surface area contributed by atoms with E-state index >= 15 is 0 Å². The zero-order valence-corrected chi connectivity index (χ0v) is 11.1. The Balaban J connectivity index is 2.08. The molecule has 0 unspecified atom stereocenters. The summed E-state index contributed by atoms with van der Waals surface area (Å²) >= 11 is 2.89. The third kappa shape index (κ3) is 3.44. The lowest BCUT2D eigenvalue weighted by Crippen LogP contribution is -1.99. The summed E-state index contributed by atoms with van der Waals surface area (Å²) in [6.07, 6.45) is 1.61. The monoisotopic (exact) mass is 282 g/mol. The fraction of sp³-hybridized carbons (Fsp3) is 0.182. The van der Waals surface area contributed by atoms with Gasteiger partial charge in [0, 0.05) is 22.5 Å². The van der Waals surface area contributed by atoms with Crippen molar-refractivity contribution in [1.82, 2.24) is 9.97 Å². The van der Waals surface area contributed by atoms with E-state index in [1.807, 2.05) is 12.1 Å². The number of aromatic nitrogens is 2. The lowest BCUT2D eigenvalue weighted by Gasteiger charge is -2.00. The van der Waals surface area contributed by atoms with Crippen LogP contribution in [0, 0.1) is 0 Å². The number of pyridine rings is 1. The van der Waals surface area contributed by atoms with E-state index in [0.29, 0.717) is 11.6 Å². The summed E-state index contributed by atoms with van der Waals surface area (Å²) in [4.78, 5) is 19.8. The lowest BCUT2D eigenvalue weighted by atomic mass is 10.3. The number of carboxylic acid groups (broad SMARTS) is 1. The number of aliphatic carboxylic acids is 1. The summed E-state index contributed by atoms with van der Waals surface area (Å²) in [5, 5.41) is 10.4. The standard InChI is InChI=1S/C11H10N2O3S2/c1-16-9-5-8(2-3-12-9)18-11-13-7(6-17-11)4-10(14)15/h2-3,5-6H,4H2,1H3,(H,14,15). The molecule has 0 atom stereocenters. The number of ether oxygens (including phenoxy) is 1. The van der Waals surface area contributed by atoms with Crippen molar-refractivity contribution in [3.05, 3.63) is 29.4 Å². The quantitative estimate of drug-likeness (QED) is 0.907. The fourth-order valence-electron chi connectivity index (χ4n) is 1.24. The zero-order valence-electron chi connectivity index (χ0n) is 9.49. The molecule has 0 aliphatic rings. The van der Waals surface area contributed by atoms with Crippen molar-refractivity contribution in [3.63, 3.8) is 0 Å². The molecule has 1 N–H and O–H groups in total. The van der Waals surface area contributed by atoms with E-state index in [-0.39, 0.29) is 6.42 Å². The summed E-state index contributed by atoms with van der Waals surface area (Å²) in [7, 11) is 1.56. The lowest BCUT2D eigenvalue weighted by molar-refractivity contribution is -0.136. The van der Waals surface area contributed by atoms with E-state index < -0.39 is 5.97 Å². The number of methoxy groups -OCH3 is 1.